The molecule has 0 bridgehead atoms. The van der Waals surface area contributed by atoms with Crippen LogP contribution in [0.4, 0.5) is 5.69 Å². The lowest BCUT2D eigenvalue weighted by Gasteiger charge is -2.31. The predicted octanol–water partition coefficient (Wildman–Crippen LogP) is 4.76. The van der Waals surface area contributed by atoms with Crippen molar-refractivity contribution in [3.63, 3.8) is 0 Å². The molecule has 1 aliphatic heterocycles. The Morgan fingerprint density at radius 2 is 2.00 bits per heavy atom. The van der Waals surface area contributed by atoms with Gasteiger partial charge in [-0.2, -0.15) is 0 Å². The molecule has 2 heterocycles. The summed E-state index contributed by atoms with van der Waals surface area (Å²) in [5, 5.41) is -0.142. The molecule has 4 rings (SSSR count). The zero-order valence-electron chi connectivity index (χ0n) is 13.4. The van der Waals surface area contributed by atoms with Gasteiger partial charge in [0.2, 0.25) is 5.91 Å². The van der Waals surface area contributed by atoms with Crippen LogP contribution in [0.3, 0.4) is 0 Å². The molecule has 2 aromatic carbocycles. The Bertz CT molecular complexity index is 857. The number of hydrogen-bond acceptors (Lipinski definition) is 4. The van der Waals surface area contributed by atoms with E-state index in [1.165, 1.54) is 10.3 Å². The smallest absolute Gasteiger partial charge is 0.240 e. The minimum atomic E-state index is -0.142. The van der Waals surface area contributed by atoms with E-state index in [2.05, 4.69) is 23.2 Å². The van der Waals surface area contributed by atoms with E-state index in [0.29, 0.717) is 0 Å². The highest BCUT2D eigenvalue weighted by molar-refractivity contribution is 8.02. The molecule has 0 saturated carbocycles. The molecule has 24 heavy (non-hydrogen) atoms. The summed E-state index contributed by atoms with van der Waals surface area (Å²) in [5.41, 5.74) is 3.35. The number of nitrogens with zero attached hydrogens (tertiary/aromatic N) is 2. The summed E-state index contributed by atoms with van der Waals surface area (Å²) in [5.74, 6) is 0.173. The Hall–Kier alpha value is -1.85. The number of aryl methyl sites for hydroxylation is 1. The molecule has 0 fully saturated rings. The number of hydrogen-bond donors (Lipinski definition) is 0. The van der Waals surface area contributed by atoms with Crippen molar-refractivity contribution in [3.8, 4) is 0 Å². The zero-order chi connectivity index (χ0) is 16.5. The van der Waals surface area contributed by atoms with Crippen LogP contribution in [0, 0.1) is 0 Å². The Kier molecular flexibility index (Phi) is 4.29. The maximum atomic E-state index is 13.0. The predicted molar refractivity (Wildman–Crippen MR) is 102 cm³/mol. The van der Waals surface area contributed by atoms with Crippen LogP contribution in [0.2, 0.25) is 0 Å². The molecule has 0 saturated heterocycles. The second-order valence-corrected chi connectivity index (χ2v) is 8.55. The molecule has 3 nitrogen and oxygen atoms in total. The van der Waals surface area contributed by atoms with E-state index in [1.807, 2.05) is 42.2 Å². The summed E-state index contributed by atoms with van der Waals surface area (Å²) in [6.07, 6.45) is 2.08. The van der Waals surface area contributed by atoms with Crippen LogP contribution in [-0.2, 0) is 11.2 Å². The van der Waals surface area contributed by atoms with Gasteiger partial charge in [0.05, 0.1) is 15.5 Å². The van der Waals surface area contributed by atoms with Gasteiger partial charge in [-0.05, 0) is 43.5 Å². The topological polar surface area (TPSA) is 33.2 Å². The second kappa shape index (κ2) is 6.57. The monoisotopic (exact) mass is 354 g/mol. The number of thiazole rings is 1. The van der Waals surface area contributed by atoms with E-state index >= 15 is 0 Å². The van der Waals surface area contributed by atoms with Gasteiger partial charge in [-0.25, -0.2) is 4.98 Å². The van der Waals surface area contributed by atoms with Gasteiger partial charge in [0.15, 0.2) is 4.34 Å². The third kappa shape index (κ3) is 2.94. The fourth-order valence-electron chi connectivity index (χ4n) is 3.09. The molecule has 1 aromatic heterocycles. The van der Waals surface area contributed by atoms with Gasteiger partial charge in [0.1, 0.15) is 0 Å². The lowest BCUT2D eigenvalue weighted by molar-refractivity contribution is -0.117. The van der Waals surface area contributed by atoms with Crippen LogP contribution in [-0.4, -0.2) is 22.7 Å². The number of benzene rings is 2. The van der Waals surface area contributed by atoms with Crippen LogP contribution >= 0.6 is 23.1 Å². The molecular formula is C19H18N2OS2. The van der Waals surface area contributed by atoms with Crippen molar-refractivity contribution >= 4 is 44.9 Å². The van der Waals surface area contributed by atoms with E-state index in [0.717, 1.165) is 34.9 Å². The van der Waals surface area contributed by atoms with Crippen molar-refractivity contribution in [2.75, 3.05) is 11.4 Å². The highest BCUT2D eigenvalue weighted by Crippen LogP contribution is 2.34. The first kappa shape index (κ1) is 15.7. The van der Waals surface area contributed by atoms with E-state index in [9.17, 15) is 4.79 Å². The van der Waals surface area contributed by atoms with Gasteiger partial charge < -0.3 is 4.90 Å². The van der Waals surface area contributed by atoms with Gasteiger partial charge in [0, 0.05) is 12.2 Å². The normalized spacial score (nSPS) is 15.3. The van der Waals surface area contributed by atoms with Gasteiger partial charge in [0.25, 0.3) is 0 Å². The number of rotatable bonds is 3. The van der Waals surface area contributed by atoms with Crippen LogP contribution < -0.4 is 4.90 Å². The summed E-state index contributed by atoms with van der Waals surface area (Å²) >= 11 is 3.22. The van der Waals surface area contributed by atoms with Crippen LogP contribution in [0.15, 0.2) is 52.9 Å². The van der Waals surface area contributed by atoms with Gasteiger partial charge >= 0.3 is 0 Å². The van der Waals surface area contributed by atoms with Crippen LogP contribution in [0.1, 0.15) is 18.9 Å². The van der Waals surface area contributed by atoms with Crippen LogP contribution in [0.5, 0.6) is 0 Å². The lowest BCUT2D eigenvalue weighted by Crippen LogP contribution is -2.40. The summed E-state index contributed by atoms with van der Waals surface area (Å²) in [6, 6.07) is 16.3. The maximum Gasteiger partial charge on any atom is 0.240 e. The third-order valence-corrected chi connectivity index (χ3v) is 6.49. The molecule has 1 atom stereocenters. The van der Waals surface area contributed by atoms with E-state index in [-0.39, 0.29) is 11.2 Å². The van der Waals surface area contributed by atoms with Crippen molar-refractivity contribution in [3.05, 3.63) is 54.1 Å². The minimum Gasteiger partial charge on any atom is -0.311 e. The summed E-state index contributed by atoms with van der Waals surface area (Å²) in [7, 11) is 0. The second-order valence-electron chi connectivity index (χ2n) is 5.93. The van der Waals surface area contributed by atoms with Crippen molar-refractivity contribution in [1.82, 2.24) is 4.98 Å². The molecular weight excluding hydrogens is 336 g/mol. The molecule has 1 amide bonds. The van der Waals surface area contributed by atoms with Gasteiger partial charge in [-0.15, -0.1) is 11.3 Å². The van der Waals surface area contributed by atoms with E-state index in [1.54, 1.807) is 23.1 Å². The van der Waals surface area contributed by atoms with Gasteiger partial charge in [-0.3, -0.25) is 4.79 Å². The first-order valence-corrected chi connectivity index (χ1v) is 9.83. The third-order valence-electron chi connectivity index (χ3n) is 4.28. The van der Waals surface area contributed by atoms with Crippen molar-refractivity contribution < 1.29 is 4.79 Å². The average Bonchev–Trinajstić information content (AvgIpc) is 3.02. The van der Waals surface area contributed by atoms with Gasteiger partial charge in [-0.1, -0.05) is 42.1 Å². The summed E-state index contributed by atoms with van der Waals surface area (Å²) in [4.78, 5) is 19.5. The summed E-state index contributed by atoms with van der Waals surface area (Å²) in [6.45, 7) is 2.79. The molecule has 3 aromatic rings. The molecule has 1 aliphatic rings. The Morgan fingerprint density at radius 1 is 1.21 bits per heavy atom. The number of carbonyl (C=O) groups excluding carboxylic acids is 1. The van der Waals surface area contributed by atoms with Crippen molar-refractivity contribution in [2.45, 2.75) is 29.4 Å². The molecule has 0 radical (unpaired) electrons. The number of amides is 1. The number of aromatic nitrogens is 1. The fourth-order valence-corrected chi connectivity index (χ4v) is 5.36. The molecule has 122 valence electrons. The SMILES string of the molecule is C[C@@H](Sc1nc2ccccc2s1)C(=O)N1CCCc2ccccc21. The first-order chi connectivity index (χ1) is 11.7. The first-order valence-electron chi connectivity index (χ1n) is 8.14. The lowest BCUT2D eigenvalue weighted by atomic mass is 10.0. The number of thioether (sulfide) groups is 1. The average molecular weight is 355 g/mol. The highest BCUT2D eigenvalue weighted by atomic mass is 32.2. The number of para-hydroxylation sites is 2. The molecule has 0 N–H and O–H groups in total. The van der Waals surface area contributed by atoms with Crippen LogP contribution in [0.25, 0.3) is 10.2 Å². The zero-order valence-corrected chi connectivity index (χ0v) is 15.1. The number of carbonyl (C=O) groups is 1. The number of fused-ring (bicyclic) bond motifs is 2. The van der Waals surface area contributed by atoms with Crippen molar-refractivity contribution in [2.24, 2.45) is 0 Å². The Morgan fingerprint density at radius 3 is 2.88 bits per heavy atom. The van der Waals surface area contributed by atoms with Crippen molar-refractivity contribution in [1.29, 1.82) is 0 Å². The summed E-state index contributed by atoms with van der Waals surface area (Å²) < 4.78 is 2.13. The van der Waals surface area contributed by atoms with E-state index in [4.69, 9.17) is 0 Å². The fraction of sp³-hybridized carbons (Fsp3) is 0.263. The quantitative estimate of drug-likeness (QED) is 0.636. The largest absolute Gasteiger partial charge is 0.311 e. The standard InChI is InChI=1S/C19H18N2OS2/c1-13(23-19-20-15-9-3-5-11-17(15)24-19)18(22)21-12-6-8-14-7-2-4-10-16(14)21/h2-5,7,9-11,13H,6,8,12H2,1H3/t13-/m1/s1. The molecule has 0 spiro atoms. The number of anilines is 1. The maximum absolute atomic E-state index is 13.0. The Labute approximate surface area is 149 Å². The van der Waals surface area contributed by atoms with E-state index < -0.39 is 0 Å². The molecule has 0 aliphatic carbocycles. The minimum absolute atomic E-state index is 0.142. The Balaban J connectivity index is 1.54. The molecule has 0 unspecified atom stereocenters. The highest BCUT2D eigenvalue weighted by Gasteiger charge is 2.27. The molecule has 5 heteroatoms.